The van der Waals surface area contributed by atoms with Crippen molar-refractivity contribution in [3.05, 3.63) is 36.0 Å². The molecule has 0 bridgehead atoms. The van der Waals surface area contributed by atoms with Crippen LogP contribution in [0.15, 0.2) is 30.5 Å². The Labute approximate surface area is 117 Å². The Hall–Kier alpha value is -1.85. The van der Waals surface area contributed by atoms with E-state index >= 15 is 0 Å². The summed E-state index contributed by atoms with van der Waals surface area (Å²) in [5.41, 5.74) is 8.03. The molecular weight excluding hydrogens is 256 g/mol. The molecule has 1 aromatic heterocycles. The minimum atomic E-state index is -0.644. The summed E-state index contributed by atoms with van der Waals surface area (Å²) in [6.45, 7) is 1.13. The summed E-state index contributed by atoms with van der Waals surface area (Å²) in [5, 5.41) is 1.10. The number of para-hydroxylation sites is 1. The first-order valence-corrected chi connectivity index (χ1v) is 6.83. The van der Waals surface area contributed by atoms with Gasteiger partial charge in [0.2, 0.25) is 0 Å². The highest BCUT2D eigenvalue weighted by atomic mass is 16.6. The molecule has 0 radical (unpaired) electrons. The number of nitrogens with one attached hydrogen (secondary N) is 1. The number of H-pyrrole nitrogens is 1. The molecule has 0 amide bonds. The molecule has 1 aromatic carbocycles. The van der Waals surface area contributed by atoms with Crippen LogP contribution in [0.2, 0.25) is 0 Å². The molecule has 1 saturated heterocycles. The van der Waals surface area contributed by atoms with E-state index < -0.39 is 6.04 Å². The second kappa shape index (κ2) is 5.64. The first-order chi connectivity index (χ1) is 9.74. The molecule has 20 heavy (non-hydrogen) atoms. The highest BCUT2D eigenvalue weighted by Crippen LogP contribution is 2.19. The van der Waals surface area contributed by atoms with Crippen LogP contribution in [0, 0.1) is 0 Å². The van der Waals surface area contributed by atoms with E-state index in [2.05, 4.69) is 4.98 Å². The van der Waals surface area contributed by atoms with Gasteiger partial charge in [0.25, 0.3) is 0 Å². The molecule has 2 aromatic rings. The first-order valence-electron chi connectivity index (χ1n) is 6.83. The lowest BCUT2D eigenvalue weighted by Gasteiger charge is -2.14. The minimum Gasteiger partial charge on any atom is -0.459 e. The SMILES string of the molecule is N[C@@H](Cc1c[nH]c2ccccc12)C(=O)OC1CCOC1. The molecule has 3 rings (SSSR count). The fourth-order valence-corrected chi connectivity index (χ4v) is 2.48. The number of rotatable bonds is 4. The van der Waals surface area contributed by atoms with Crippen molar-refractivity contribution in [2.24, 2.45) is 5.73 Å². The highest BCUT2D eigenvalue weighted by Gasteiger charge is 2.24. The number of nitrogens with two attached hydrogens (primary N) is 1. The van der Waals surface area contributed by atoms with Crippen molar-refractivity contribution >= 4 is 16.9 Å². The monoisotopic (exact) mass is 274 g/mol. The maximum Gasteiger partial charge on any atom is 0.323 e. The first kappa shape index (κ1) is 13.1. The summed E-state index contributed by atoms with van der Waals surface area (Å²) in [5.74, 6) is -0.356. The predicted molar refractivity (Wildman–Crippen MR) is 75.3 cm³/mol. The van der Waals surface area contributed by atoms with Crippen molar-refractivity contribution in [1.29, 1.82) is 0 Å². The fourth-order valence-electron chi connectivity index (χ4n) is 2.48. The average molecular weight is 274 g/mol. The van der Waals surface area contributed by atoms with Crippen molar-refractivity contribution in [2.75, 3.05) is 13.2 Å². The summed E-state index contributed by atoms with van der Waals surface area (Å²) in [6.07, 6.45) is 2.98. The third-order valence-electron chi connectivity index (χ3n) is 3.59. The summed E-state index contributed by atoms with van der Waals surface area (Å²) in [7, 11) is 0. The number of aromatic amines is 1. The third kappa shape index (κ3) is 2.69. The molecule has 1 fully saturated rings. The van der Waals surface area contributed by atoms with E-state index in [1.54, 1.807) is 0 Å². The number of hydrogen-bond acceptors (Lipinski definition) is 4. The Morgan fingerprint density at radius 2 is 2.35 bits per heavy atom. The van der Waals surface area contributed by atoms with E-state index in [0.717, 1.165) is 22.9 Å². The topological polar surface area (TPSA) is 77.3 Å². The lowest BCUT2D eigenvalue weighted by molar-refractivity contribution is -0.150. The average Bonchev–Trinajstić information content (AvgIpc) is 3.09. The van der Waals surface area contributed by atoms with Gasteiger partial charge >= 0.3 is 5.97 Å². The van der Waals surface area contributed by atoms with Gasteiger partial charge in [0.15, 0.2) is 0 Å². The third-order valence-corrected chi connectivity index (χ3v) is 3.59. The molecule has 2 heterocycles. The molecule has 0 spiro atoms. The molecule has 1 aliphatic rings. The number of aromatic nitrogens is 1. The molecule has 5 heteroatoms. The number of carbonyl (C=O) groups is 1. The number of hydrogen-bond donors (Lipinski definition) is 2. The zero-order valence-corrected chi connectivity index (χ0v) is 11.2. The summed E-state index contributed by atoms with van der Waals surface area (Å²) < 4.78 is 10.5. The maximum absolute atomic E-state index is 11.9. The van der Waals surface area contributed by atoms with Crippen molar-refractivity contribution in [1.82, 2.24) is 4.98 Å². The smallest absolute Gasteiger partial charge is 0.323 e. The number of benzene rings is 1. The van der Waals surface area contributed by atoms with Crippen LogP contribution < -0.4 is 5.73 Å². The minimum absolute atomic E-state index is 0.142. The number of carbonyl (C=O) groups excluding carboxylic acids is 1. The van der Waals surface area contributed by atoms with Crippen LogP contribution in [0.1, 0.15) is 12.0 Å². The van der Waals surface area contributed by atoms with Crippen molar-refractivity contribution in [3.63, 3.8) is 0 Å². The Kier molecular flexibility index (Phi) is 3.71. The van der Waals surface area contributed by atoms with E-state index in [4.69, 9.17) is 15.2 Å². The van der Waals surface area contributed by atoms with Crippen LogP contribution in [0.5, 0.6) is 0 Å². The van der Waals surface area contributed by atoms with Gasteiger partial charge in [0.1, 0.15) is 12.1 Å². The normalized spacial score (nSPS) is 20.1. The molecule has 1 aliphatic heterocycles. The lowest BCUT2D eigenvalue weighted by Crippen LogP contribution is -2.36. The van der Waals surface area contributed by atoms with Gasteiger partial charge in [-0.15, -0.1) is 0 Å². The molecule has 5 nitrogen and oxygen atoms in total. The number of esters is 1. The van der Waals surface area contributed by atoms with Crippen LogP contribution in [-0.4, -0.2) is 36.3 Å². The molecule has 0 saturated carbocycles. The van der Waals surface area contributed by atoms with Gasteiger partial charge in [0.05, 0.1) is 13.2 Å². The van der Waals surface area contributed by atoms with Crippen LogP contribution in [0.25, 0.3) is 10.9 Å². The zero-order valence-electron chi connectivity index (χ0n) is 11.2. The van der Waals surface area contributed by atoms with Crippen LogP contribution in [0.3, 0.4) is 0 Å². The van der Waals surface area contributed by atoms with E-state index in [1.807, 2.05) is 30.5 Å². The summed E-state index contributed by atoms with van der Waals surface area (Å²) in [6, 6.07) is 7.31. The standard InChI is InChI=1S/C15H18N2O3/c16-13(15(18)20-11-5-6-19-9-11)7-10-8-17-14-4-2-1-3-12(10)14/h1-4,8,11,13,17H,5-7,9,16H2/t11?,13-/m0/s1. The highest BCUT2D eigenvalue weighted by molar-refractivity contribution is 5.84. The molecule has 0 aliphatic carbocycles. The molecule has 1 unspecified atom stereocenters. The van der Waals surface area contributed by atoms with Gasteiger partial charge in [0, 0.05) is 29.9 Å². The van der Waals surface area contributed by atoms with Crippen LogP contribution in [0.4, 0.5) is 0 Å². The van der Waals surface area contributed by atoms with Gasteiger partial charge < -0.3 is 20.2 Å². The largest absolute Gasteiger partial charge is 0.459 e. The Morgan fingerprint density at radius 1 is 1.50 bits per heavy atom. The van der Waals surface area contributed by atoms with E-state index in [9.17, 15) is 4.79 Å². The summed E-state index contributed by atoms with van der Waals surface area (Å²) in [4.78, 5) is 15.1. The van der Waals surface area contributed by atoms with Crippen LogP contribution in [-0.2, 0) is 20.7 Å². The predicted octanol–water partition coefficient (Wildman–Crippen LogP) is 1.37. The van der Waals surface area contributed by atoms with Crippen molar-refractivity contribution in [2.45, 2.75) is 25.0 Å². The van der Waals surface area contributed by atoms with Crippen LogP contribution >= 0.6 is 0 Å². The van der Waals surface area contributed by atoms with E-state index in [1.165, 1.54) is 0 Å². The number of ether oxygens (including phenoxy) is 2. The molecule has 2 atom stereocenters. The fraction of sp³-hybridized carbons (Fsp3) is 0.400. The van der Waals surface area contributed by atoms with Gasteiger partial charge in [-0.25, -0.2) is 0 Å². The second-order valence-corrected chi connectivity index (χ2v) is 5.09. The van der Waals surface area contributed by atoms with E-state index in [0.29, 0.717) is 19.6 Å². The molecule has 106 valence electrons. The second-order valence-electron chi connectivity index (χ2n) is 5.09. The Morgan fingerprint density at radius 3 is 3.15 bits per heavy atom. The Balaban J connectivity index is 1.65. The Bertz CT molecular complexity index is 602. The van der Waals surface area contributed by atoms with Gasteiger partial charge in [-0.05, 0) is 11.6 Å². The van der Waals surface area contributed by atoms with E-state index in [-0.39, 0.29) is 12.1 Å². The summed E-state index contributed by atoms with van der Waals surface area (Å²) >= 11 is 0. The lowest BCUT2D eigenvalue weighted by atomic mass is 10.1. The van der Waals surface area contributed by atoms with Crippen molar-refractivity contribution in [3.8, 4) is 0 Å². The molecular formula is C15H18N2O3. The molecule has 3 N–H and O–H groups in total. The van der Waals surface area contributed by atoms with Gasteiger partial charge in [-0.1, -0.05) is 18.2 Å². The van der Waals surface area contributed by atoms with Gasteiger partial charge in [-0.3, -0.25) is 4.79 Å². The number of fused-ring (bicyclic) bond motifs is 1. The zero-order chi connectivity index (χ0) is 13.9. The van der Waals surface area contributed by atoms with Gasteiger partial charge in [-0.2, -0.15) is 0 Å². The van der Waals surface area contributed by atoms with Crippen molar-refractivity contribution < 1.29 is 14.3 Å². The maximum atomic E-state index is 11.9. The quantitative estimate of drug-likeness (QED) is 0.825.